The third-order valence-corrected chi connectivity index (χ3v) is 2.81. The highest BCUT2D eigenvalue weighted by molar-refractivity contribution is 7.80. The first kappa shape index (κ1) is 15.9. The highest BCUT2D eigenvalue weighted by Gasteiger charge is 2.32. The Kier molecular flexibility index (Phi) is 5.72. The Balaban J connectivity index is 2.68. The summed E-state index contributed by atoms with van der Waals surface area (Å²) in [7, 11) is 0. The Hall–Kier alpha value is -1.17. The molecule has 0 saturated heterocycles. The number of carbonyl (C=O) groups is 1. The molecule has 0 atom stereocenters. The summed E-state index contributed by atoms with van der Waals surface area (Å²) in [4.78, 5) is 13.5. The molecular weight excluding hydrogens is 275 g/mol. The summed E-state index contributed by atoms with van der Waals surface area (Å²) >= 11 is 4.11. The lowest BCUT2D eigenvalue weighted by Crippen LogP contribution is -2.40. The van der Waals surface area contributed by atoms with Gasteiger partial charge in [0.25, 0.3) is 0 Å². The number of hydrogen-bond donors (Lipinski definition) is 1. The Bertz CT molecular complexity index is 417. The molecule has 1 aromatic rings. The SMILES string of the molecule is CCCN(CC(F)(F)F)C(=O)Cc1ccc(S)cc1. The van der Waals surface area contributed by atoms with Crippen LogP contribution < -0.4 is 0 Å². The van der Waals surface area contributed by atoms with Gasteiger partial charge in [-0.2, -0.15) is 13.2 Å². The number of thiol groups is 1. The normalized spacial score (nSPS) is 11.4. The summed E-state index contributed by atoms with van der Waals surface area (Å²) in [5, 5.41) is 0. The molecule has 0 aliphatic carbocycles. The molecule has 2 nitrogen and oxygen atoms in total. The average Bonchev–Trinajstić information content (AvgIpc) is 2.30. The van der Waals surface area contributed by atoms with E-state index in [2.05, 4.69) is 12.6 Å². The van der Waals surface area contributed by atoms with Crippen molar-refractivity contribution < 1.29 is 18.0 Å². The Morgan fingerprint density at radius 3 is 2.32 bits per heavy atom. The molecule has 0 saturated carbocycles. The van der Waals surface area contributed by atoms with Gasteiger partial charge in [0.2, 0.25) is 5.91 Å². The van der Waals surface area contributed by atoms with Crippen LogP contribution in [0.3, 0.4) is 0 Å². The minimum Gasteiger partial charge on any atom is -0.333 e. The van der Waals surface area contributed by atoms with E-state index in [1.165, 1.54) is 0 Å². The van der Waals surface area contributed by atoms with Crippen LogP contribution in [0.5, 0.6) is 0 Å². The second-order valence-electron chi connectivity index (χ2n) is 4.27. The fraction of sp³-hybridized carbons (Fsp3) is 0.462. The number of alkyl halides is 3. The molecule has 1 rings (SSSR count). The summed E-state index contributed by atoms with van der Waals surface area (Å²) in [6.07, 6.45) is -3.89. The Morgan fingerprint density at radius 2 is 1.84 bits per heavy atom. The number of hydrogen-bond acceptors (Lipinski definition) is 2. The van der Waals surface area contributed by atoms with Gasteiger partial charge in [-0.15, -0.1) is 12.6 Å². The molecule has 0 radical (unpaired) electrons. The number of halogens is 3. The van der Waals surface area contributed by atoms with Crippen LogP contribution in [0.25, 0.3) is 0 Å². The maximum absolute atomic E-state index is 12.4. The first-order chi connectivity index (χ1) is 8.81. The van der Waals surface area contributed by atoms with E-state index >= 15 is 0 Å². The highest BCUT2D eigenvalue weighted by atomic mass is 32.1. The molecule has 0 fully saturated rings. The smallest absolute Gasteiger partial charge is 0.333 e. The minimum absolute atomic E-state index is 0.0237. The van der Waals surface area contributed by atoms with E-state index in [1.807, 2.05) is 0 Å². The van der Waals surface area contributed by atoms with Gasteiger partial charge < -0.3 is 4.90 Å². The summed E-state index contributed by atoms with van der Waals surface area (Å²) in [5.74, 6) is -0.508. The zero-order valence-electron chi connectivity index (χ0n) is 10.6. The molecule has 0 heterocycles. The molecule has 0 spiro atoms. The topological polar surface area (TPSA) is 20.3 Å². The van der Waals surface area contributed by atoms with Crippen LogP contribution in [0.15, 0.2) is 29.2 Å². The molecule has 0 bridgehead atoms. The second kappa shape index (κ2) is 6.84. The molecule has 106 valence electrons. The van der Waals surface area contributed by atoms with E-state index in [1.54, 1.807) is 31.2 Å². The molecule has 0 aliphatic rings. The maximum atomic E-state index is 12.4. The lowest BCUT2D eigenvalue weighted by atomic mass is 10.1. The number of benzene rings is 1. The third-order valence-electron chi connectivity index (χ3n) is 2.51. The zero-order valence-corrected chi connectivity index (χ0v) is 11.5. The van der Waals surface area contributed by atoms with Gasteiger partial charge in [-0.05, 0) is 24.1 Å². The Labute approximate surface area is 116 Å². The molecule has 0 N–H and O–H groups in total. The Morgan fingerprint density at radius 1 is 1.26 bits per heavy atom. The van der Waals surface area contributed by atoms with Crippen LogP contribution in [0.2, 0.25) is 0 Å². The maximum Gasteiger partial charge on any atom is 0.406 e. The van der Waals surface area contributed by atoms with Crippen molar-refractivity contribution in [3.8, 4) is 0 Å². The van der Waals surface area contributed by atoms with Gasteiger partial charge >= 0.3 is 6.18 Å². The predicted molar refractivity (Wildman–Crippen MR) is 70.3 cm³/mol. The minimum atomic E-state index is -4.36. The molecular formula is C13H16F3NOS. The van der Waals surface area contributed by atoms with Crippen LogP contribution in [0.4, 0.5) is 13.2 Å². The van der Waals surface area contributed by atoms with Gasteiger partial charge in [-0.25, -0.2) is 0 Å². The first-order valence-electron chi connectivity index (χ1n) is 5.94. The molecule has 0 unspecified atom stereocenters. The van der Waals surface area contributed by atoms with Crippen molar-refractivity contribution in [3.63, 3.8) is 0 Å². The largest absolute Gasteiger partial charge is 0.406 e. The molecule has 19 heavy (non-hydrogen) atoms. The second-order valence-corrected chi connectivity index (χ2v) is 4.79. The van der Waals surface area contributed by atoms with E-state index in [0.29, 0.717) is 12.0 Å². The van der Waals surface area contributed by atoms with Crippen molar-refractivity contribution in [1.29, 1.82) is 0 Å². The molecule has 0 aromatic heterocycles. The van der Waals surface area contributed by atoms with E-state index < -0.39 is 18.6 Å². The molecule has 1 amide bonds. The van der Waals surface area contributed by atoms with Crippen LogP contribution >= 0.6 is 12.6 Å². The first-order valence-corrected chi connectivity index (χ1v) is 6.39. The van der Waals surface area contributed by atoms with Crippen molar-refractivity contribution >= 4 is 18.5 Å². The van der Waals surface area contributed by atoms with Gasteiger partial charge in [0.15, 0.2) is 0 Å². The fourth-order valence-electron chi connectivity index (χ4n) is 1.68. The van der Waals surface area contributed by atoms with E-state index in [9.17, 15) is 18.0 Å². The molecule has 0 aliphatic heterocycles. The van der Waals surface area contributed by atoms with Crippen molar-refractivity contribution in [3.05, 3.63) is 29.8 Å². The van der Waals surface area contributed by atoms with Crippen LogP contribution in [-0.2, 0) is 11.2 Å². The highest BCUT2D eigenvalue weighted by Crippen LogP contribution is 2.18. The summed E-state index contributed by atoms with van der Waals surface area (Å²) in [6.45, 7) is 0.666. The third kappa shape index (κ3) is 6.00. The number of carbonyl (C=O) groups excluding carboxylic acids is 1. The summed E-state index contributed by atoms with van der Waals surface area (Å²) in [6, 6.07) is 6.80. The van der Waals surface area contributed by atoms with Crippen molar-refractivity contribution in [2.24, 2.45) is 0 Å². The van der Waals surface area contributed by atoms with Gasteiger partial charge in [0, 0.05) is 11.4 Å². The monoisotopic (exact) mass is 291 g/mol. The van der Waals surface area contributed by atoms with Crippen LogP contribution in [0.1, 0.15) is 18.9 Å². The average molecular weight is 291 g/mol. The van der Waals surface area contributed by atoms with Gasteiger partial charge in [-0.1, -0.05) is 19.1 Å². The molecule has 6 heteroatoms. The van der Waals surface area contributed by atoms with Crippen molar-refractivity contribution in [2.45, 2.75) is 30.8 Å². The summed E-state index contributed by atoms with van der Waals surface area (Å²) < 4.78 is 37.1. The van der Waals surface area contributed by atoms with Crippen molar-refractivity contribution in [2.75, 3.05) is 13.1 Å². The van der Waals surface area contributed by atoms with E-state index in [0.717, 1.165) is 9.80 Å². The van der Waals surface area contributed by atoms with Gasteiger partial charge in [-0.3, -0.25) is 4.79 Å². The quantitative estimate of drug-likeness (QED) is 0.825. The van der Waals surface area contributed by atoms with E-state index in [4.69, 9.17) is 0 Å². The number of nitrogens with zero attached hydrogens (tertiary/aromatic N) is 1. The predicted octanol–water partition coefficient (Wildman–Crippen LogP) is 3.32. The number of rotatable bonds is 5. The van der Waals surface area contributed by atoms with Crippen LogP contribution in [0, 0.1) is 0 Å². The number of amides is 1. The molecule has 1 aromatic carbocycles. The standard InChI is InChI=1S/C13H16F3NOS/c1-2-7-17(9-13(14,15)16)12(18)8-10-3-5-11(19)6-4-10/h3-6,19H,2,7-9H2,1H3. The van der Waals surface area contributed by atoms with Gasteiger partial charge in [0.1, 0.15) is 6.54 Å². The lowest BCUT2D eigenvalue weighted by Gasteiger charge is -2.23. The summed E-state index contributed by atoms with van der Waals surface area (Å²) in [5.41, 5.74) is 0.686. The zero-order chi connectivity index (χ0) is 14.5. The lowest BCUT2D eigenvalue weighted by molar-refractivity contribution is -0.160. The van der Waals surface area contributed by atoms with Crippen LogP contribution in [-0.4, -0.2) is 30.1 Å². The van der Waals surface area contributed by atoms with E-state index in [-0.39, 0.29) is 13.0 Å². The van der Waals surface area contributed by atoms with Crippen molar-refractivity contribution in [1.82, 2.24) is 4.90 Å². The van der Waals surface area contributed by atoms with Gasteiger partial charge in [0.05, 0.1) is 6.42 Å². The fourth-order valence-corrected chi connectivity index (χ4v) is 1.83.